The molecular formula is C18H38O2. The minimum Gasteiger partial charge on any atom is -0.481 e. The molecule has 2 nitrogen and oxygen atoms in total. The Morgan fingerprint density at radius 2 is 0.900 bits per heavy atom. The molecule has 0 aromatic carbocycles. The zero-order valence-corrected chi connectivity index (χ0v) is 14.3. The van der Waals surface area contributed by atoms with Gasteiger partial charge in [-0.15, -0.1) is 0 Å². The molecule has 0 heterocycles. The summed E-state index contributed by atoms with van der Waals surface area (Å²) in [6.07, 6.45) is 17.0. The Morgan fingerprint density at radius 3 is 1.25 bits per heavy atom. The Bertz CT molecular complexity index is 174. The highest BCUT2D eigenvalue weighted by molar-refractivity contribution is 5.66. The standard InChI is InChI=1S/C12H24O2.C6H14/c1-2-3-4-5-6-7-8-9-10-11-12(13)14;1-3-5-6-4-2/h2-11H2,1H3,(H,13,14);3-6H2,1-2H3. The van der Waals surface area contributed by atoms with Crippen LogP contribution < -0.4 is 0 Å². The van der Waals surface area contributed by atoms with Gasteiger partial charge in [-0.05, 0) is 6.42 Å². The van der Waals surface area contributed by atoms with Gasteiger partial charge in [-0.3, -0.25) is 4.79 Å². The van der Waals surface area contributed by atoms with Crippen LogP contribution in [0.15, 0.2) is 0 Å². The van der Waals surface area contributed by atoms with E-state index in [1.165, 1.54) is 70.6 Å². The highest BCUT2D eigenvalue weighted by atomic mass is 16.4. The predicted molar refractivity (Wildman–Crippen MR) is 89.3 cm³/mol. The Morgan fingerprint density at radius 1 is 0.600 bits per heavy atom. The van der Waals surface area contributed by atoms with Gasteiger partial charge in [-0.25, -0.2) is 0 Å². The molecule has 20 heavy (non-hydrogen) atoms. The van der Waals surface area contributed by atoms with E-state index in [1.807, 2.05) is 0 Å². The summed E-state index contributed by atoms with van der Waals surface area (Å²) in [5.74, 6) is -0.659. The zero-order valence-electron chi connectivity index (χ0n) is 14.3. The van der Waals surface area contributed by atoms with Crippen LogP contribution in [0.5, 0.6) is 0 Å². The first-order valence-electron chi connectivity index (χ1n) is 8.90. The van der Waals surface area contributed by atoms with Crippen molar-refractivity contribution in [3.63, 3.8) is 0 Å². The van der Waals surface area contributed by atoms with Crippen molar-refractivity contribution >= 4 is 5.97 Å². The number of carboxylic acid groups (broad SMARTS) is 1. The first kappa shape index (κ1) is 21.8. The van der Waals surface area contributed by atoms with Crippen molar-refractivity contribution in [2.45, 2.75) is 111 Å². The van der Waals surface area contributed by atoms with Gasteiger partial charge < -0.3 is 5.11 Å². The molecule has 0 fully saturated rings. The van der Waals surface area contributed by atoms with Crippen LogP contribution in [0.4, 0.5) is 0 Å². The number of carboxylic acids is 1. The summed E-state index contributed by atoms with van der Waals surface area (Å²) >= 11 is 0. The lowest BCUT2D eigenvalue weighted by Crippen LogP contribution is -1.93. The van der Waals surface area contributed by atoms with E-state index >= 15 is 0 Å². The van der Waals surface area contributed by atoms with Crippen LogP contribution in [0.1, 0.15) is 111 Å². The lowest BCUT2D eigenvalue weighted by molar-refractivity contribution is -0.137. The summed E-state index contributed by atoms with van der Waals surface area (Å²) in [4.78, 5) is 10.2. The molecule has 122 valence electrons. The topological polar surface area (TPSA) is 37.3 Å². The van der Waals surface area contributed by atoms with Crippen LogP contribution >= 0.6 is 0 Å². The number of unbranched alkanes of at least 4 members (excludes halogenated alkanes) is 11. The fourth-order valence-corrected chi connectivity index (χ4v) is 2.09. The lowest BCUT2D eigenvalue weighted by atomic mass is 10.1. The Hall–Kier alpha value is -0.530. The van der Waals surface area contributed by atoms with E-state index < -0.39 is 5.97 Å². The second kappa shape index (κ2) is 20.8. The summed E-state index contributed by atoms with van der Waals surface area (Å²) in [6.45, 7) is 6.69. The van der Waals surface area contributed by atoms with Gasteiger partial charge in [0.15, 0.2) is 0 Å². The van der Waals surface area contributed by atoms with Crippen molar-refractivity contribution in [1.29, 1.82) is 0 Å². The van der Waals surface area contributed by atoms with Crippen molar-refractivity contribution in [1.82, 2.24) is 0 Å². The van der Waals surface area contributed by atoms with Crippen LogP contribution in [0.2, 0.25) is 0 Å². The van der Waals surface area contributed by atoms with Gasteiger partial charge in [0.1, 0.15) is 0 Å². The van der Waals surface area contributed by atoms with E-state index in [2.05, 4.69) is 20.8 Å². The van der Waals surface area contributed by atoms with Gasteiger partial charge in [0, 0.05) is 6.42 Å². The van der Waals surface area contributed by atoms with E-state index in [0.717, 1.165) is 12.8 Å². The molecule has 0 atom stereocenters. The van der Waals surface area contributed by atoms with Crippen molar-refractivity contribution in [3.05, 3.63) is 0 Å². The maximum Gasteiger partial charge on any atom is 0.303 e. The molecule has 0 bridgehead atoms. The Balaban J connectivity index is 0. The summed E-state index contributed by atoms with van der Waals surface area (Å²) in [5, 5.41) is 8.41. The van der Waals surface area contributed by atoms with E-state index in [0.29, 0.717) is 6.42 Å². The second-order valence-corrected chi connectivity index (χ2v) is 5.68. The number of carbonyl (C=O) groups is 1. The highest BCUT2D eigenvalue weighted by Crippen LogP contribution is 2.10. The van der Waals surface area contributed by atoms with Crippen molar-refractivity contribution in [2.24, 2.45) is 0 Å². The molecule has 0 spiro atoms. The van der Waals surface area contributed by atoms with Gasteiger partial charge in [0.05, 0.1) is 0 Å². The summed E-state index contributed by atoms with van der Waals surface area (Å²) < 4.78 is 0. The molecule has 0 amide bonds. The highest BCUT2D eigenvalue weighted by Gasteiger charge is 1.96. The van der Waals surface area contributed by atoms with Gasteiger partial charge in [-0.2, -0.15) is 0 Å². The normalized spacial score (nSPS) is 9.95. The minimum atomic E-state index is -0.659. The van der Waals surface area contributed by atoms with Crippen LogP contribution in [-0.4, -0.2) is 11.1 Å². The first-order chi connectivity index (χ1) is 9.68. The maximum atomic E-state index is 10.2. The largest absolute Gasteiger partial charge is 0.481 e. The lowest BCUT2D eigenvalue weighted by Gasteiger charge is -2.00. The number of aliphatic carboxylic acids is 1. The molecule has 0 aliphatic heterocycles. The third-order valence-corrected chi connectivity index (χ3v) is 3.45. The molecule has 0 aliphatic rings. The molecule has 0 saturated carbocycles. The van der Waals surface area contributed by atoms with Gasteiger partial charge >= 0.3 is 5.97 Å². The maximum absolute atomic E-state index is 10.2. The van der Waals surface area contributed by atoms with Gasteiger partial charge in [-0.1, -0.05) is 97.8 Å². The summed E-state index contributed by atoms with van der Waals surface area (Å²) in [6, 6.07) is 0. The van der Waals surface area contributed by atoms with Crippen LogP contribution in [-0.2, 0) is 4.79 Å². The van der Waals surface area contributed by atoms with E-state index in [1.54, 1.807) is 0 Å². The summed E-state index contributed by atoms with van der Waals surface area (Å²) in [5.41, 5.74) is 0. The number of hydrogen-bond acceptors (Lipinski definition) is 1. The van der Waals surface area contributed by atoms with Crippen molar-refractivity contribution in [2.75, 3.05) is 0 Å². The molecule has 0 radical (unpaired) electrons. The fourth-order valence-electron chi connectivity index (χ4n) is 2.09. The quantitative estimate of drug-likeness (QED) is 0.388. The second-order valence-electron chi connectivity index (χ2n) is 5.68. The predicted octanol–water partition coefficient (Wildman–Crippen LogP) is 6.58. The molecule has 0 rings (SSSR count). The summed E-state index contributed by atoms with van der Waals surface area (Å²) in [7, 11) is 0. The monoisotopic (exact) mass is 286 g/mol. The van der Waals surface area contributed by atoms with Crippen molar-refractivity contribution < 1.29 is 9.90 Å². The van der Waals surface area contributed by atoms with Gasteiger partial charge in [0.2, 0.25) is 0 Å². The Kier molecular flexibility index (Phi) is 22.6. The molecule has 1 N–H and O–H groups in total. The molecule has 0 aromatic heterocycles. The smallest absolute Gasteiger partial charge is 0.303 e. The number of rotatable bonds is 13. The minimum absolute atomic E-state index is 0.343. The van der Waals surface area contributed by atoms with Crippen LogP contribution in [0.25, 0.3) is 0 Å². The van der Waals surface area contributed by atoms with E-state index in [-0.39, 0.29) is 0 Å². The molecule has 0 aliphatic carbocycles. The zero-order chi connectivity index (χ0) is 15.5. The molecule has 0 aromatic rings. The van der Waals surface area contributed by atoms with Crippen LogP contribution in [0.3, 0.4) is 0 Å². The van der Waals surface area contributed by atoms with Crippen LogP contribution in [0, 0.1) is 0 Å². The third-order valence-electron chi connectivity index (χ3n) is 3.45. The third kappa shape index (κ3) is 26.1. The average molecular weight is 286 g/mol. The molecular weight excluding hydrogens is 248 g/mol. The average Bonchev–Trinajstić information content (AvgIpc) is 2.43. The van der Waals surface area contributed by atoms with Gasteiger partial charge in [0.25, 0.3) is 0 Å². The Labute approximate surface area is 127 Å². The van der Waals surface area contributed by atoms with E-state index in [9.17, 15) is 4.79 Å². The SMILES string of the molecule is CCCCCC.CCCCCCCCCCCC(=O)O. The number of hydrogen-bond donors (Lipinski definition) is 1. The van der Waals surface area contributed by atoms with E-state index in [4.69, 9.17) is 5.11 Å². The molecule has 2 heteroatoms. The molecule has 0 saturated heterocycles. The molecule has 0 unspecified atom stereocenters. The first-order valence-corrected chi connectivity index (χ1v) is 8.90. The van der Waals surface area contributed by atoms with Crippen molar-refractivity contribution in [3.8, 4) is 0 Å². The fraction of sp³-hybridized carbons (Fsp3) is 0.944.